The molecule has 0 bridgehead atoms. The number of hydrogen-bond donors (Lipinski definition) is 0. The number of anilines is 2. The Kier molecular flexibility index (Phi) is 4.70. The molecule has 4 nitrogen and oxygen atoms in total. The number of piperidine rings is 1. The molecular formula is C19H23FN4S. The zero-order chi connectivity index (χ0) is 17.2. The molecule has 0 aliphatic carbocycles. The molecule has 2 aromatic rings. The fraction of sp³-hybridized carbons (Fsp3) is 0.474. The highest BCUT2D eigenvalue weighted by atomic mass is 32.1. The zero-order valence-corrected chi connectivity index (χ0v) is 15.4. The Bertz CT molecular complexity index is 769. The monoisotopic (exact) mass is 358 g/mol. The fourth-order valence-corrected chi connectivity index (χ4v) is 4.29. The van der Waals surface area contributed by atoms with Gasteiger partial charge in [-0.15, -0.1) is 0 Å². The van der Waals surface area contributed by atoms with E-state index in [-0.39, 0.29) is 5.82 Å². The van der Waals surface area contributed by atoms with Crippen molar-refractivity contribution in [3.8, 4) is 0 Å². The lowest BCUT2D eigenvalue weighted by atomic mass is 10.0. The van der Waals surface area contributed by atoms with Gasteiger partial charge in [0, 0.05) is 49.0 Å². The van der Waals surface area contributed by atoms with Crippen LogP contribution < -0.4 is 9.80 Å². The van der Waals surface area contributed by atoms with Crippen molar-refractivity contribution < 1.29 is 4.39 Å². The van der Waals surface area contributed by atoms with Crippen LogP contribution in [0.2, 0.25) is 0 Å². The van der Waals surface area contributed by atoms with Gasteiger partial charge in [-0.05, 0) is 50.8 Å². The van der Waals surface area contributed by atoms with E-state index < -0.39 is 0 Å². The van der Waals surface area contributed by atoms with Crippen molar-refractivity contribution in [1.29, 1.82) is 0 Å². The lowest BCUT2D eigenvalue weighted by Gasteiger charge is -2.27. The van der Waals surface area contributed by atoms with Gasteiger partial charge in [0.15, 0.2) is 0 Å². The van der Waals surface area contributed by atoms with Crippen molar-refractivity contribution in [2.24, 2.45) is 0 Å². The van der Waals surface area contributed by atoms with E-state index in [1.165, 1.54) is 29.9 Å². The predicted octanol–water partition coefficient (Wildman–Crippen LogP) is 4.27. The first kappa shape index (κ1) is 16.5. The minimum Gasteiger partial charge on any atom is -0.371 e. The lowest BCUT2D eigenvalue weighted by molar-refractivity contribution is 0.623. The average molecular weight is 358 g/mol. The maximum Gasteiger partial charge on any atom is 0.205 e. The van der Waals surface area contributed by atoms with Gasteiger partial charge in [0.2, 0.25) is 5.13 Å². The molecule has 2 aliphatic rings. The van der Waals surface area contributed by atoms with Gasteiger partial charge in [0.05, 0.1) is 0 Å². The van der Waals surface area contributed by atoms with Gasteiger partial charge >= 0.3 is 0 Å². The first-order valence-corrected chi connectivity index (χ1v) is 9.75. The van der Waals surface area contributed by atoms with Crippen molar-refractivity contribution in [2.75, 3.05) is 36.0 Å². The topological polar surface area (TPSA) is 32.3 Å². The van der Waals surface area contributed by atoms with E-state index in [1.54, 1.807) is 6.07 Å². The van der Waals surface area contributed by atoms with Crippen LogP contribution >= 0.6 is 11.5 Å². The van der Waals surface area contributed by atoms with Crippen LogP contribution in [-0.4, -0.2) is 35.5 Å². The minimum absolute atomic E-state index is 0.112. The summed E-state index contributed by atoms with van der Waals surface area (Å²) in [5, 5.41) is 0.998. The summed E-state index contributed by atoms with van der Waals surface area (Å²) in [6.07, 6.45) is 6.35. The van der Waals surface area contributed by atoms with Crippen molar-refractivity contribution in [1.82, 2.24) is 9.36 Å². The third-order valence-electron chi connectivity index (χ3n) is 5.01. The van der Waals surface area contributed by atoms with Crippen LogP contribution in [0.3, 0.4) is 0 Å². The Morgan fingerprint density at radius 1 is 1.08 bits per heavy atom. The van der Waals surface area contributed by atoms with E-state index in [0.717, 1.165) is 55.7 Å². The summed E-state index contributed by atoms with van der Waals surface area (Å²) < 4.78 is 18.8. The van der Waals surface area contributed by atoms with Crippen LogP contribution in [0.4, 0.5) is 15.2 Å². The highest BCUT2D eigenvalue weighted by molar-refractivity contribution is 7.09. The maximum absolute atomic E-state index is 14.5. The quantitative estimate of drug-likeness (QED) is 0.820. The Labute approximate surface area is 152 Å². The van der Waals surface area contributed by atoms with Crippen molar-refractivity contribution in [3.63, 3.8) is 0 Å². The van der Waals surface area contributed by atoms with Gasteiger partial charge < -0.3 is 9.80 Å². The van der Waals surface area contributed by atoms with Crippen molar-refractivity contribution in [3.05, 3.63) is 41.0 Å². The average Bonchev–Trinajstić information content (AvgIpc) is 3.29. The van der Waals surface area contributed by atoms with E-state index in [1.807, 2.05) is 19.1 Å². The molecule has 2 aliphatic heterocycles. The van der Waals surface area contributed by atoms with Crippen LogP contribution in [0.5, 0.6) is 0 Å². The third kappa shape index (κ3) is 3.68. The largest absolute Gasteiger partial charge is 0.371 e. The smallest absolute Gasteiger partial charge is 0.205 e. The molecule has 0 atom stereocenters. The number of aromatic nitrogens is 2. The van der Waals surface area contributed by atoms with Gasteiger partial charge in [-0.1, -0.05) is 11.6 Å². The van der Waals surface area contributed by atoms with Gasteiger partial charge in [0.1, 0.15) is 11.6 Å². The summed E-state index contributed by atoms with van der Waals surface area (Å²) in [7, 11) is 0. The molecule has 2 saturated heterocycles. The highest BCUT2D eigenvalue weighted by Gasteiger charge is 2.18. The molecule has 3 heterocycles. The predicted molar refractivity (Wildman–Crippen MR) is 102 cm³/mol. The Morgan fingerprint density at radius 3 is 2.48 bits per heavy atom. The van der Waals surface area contributed by atoms with Gasteiger partial charge in [-0.25, -0.2) is 9.37 Å². The lowest BCUT2D eigenvalue weighted by Crippen LogP contribution is -2.30. The second-order valence-corrected chi connectivity index (χ2v) is 7.54. The van der Waals surface area contributed by atoms with Crippen LogP contribution in [0.15, 0.2) is 23.8 Å². The van der Waals surface area contributed by atoms with E-state index >= 15 is 0 Å². The van der Waals surface area contributed by atoms with E-state index in [0.29, 0.717) is 5.56 Å². The van der Waals surface area contributed by atoms with Crippen molar-refractivity contribution in [2.45, 2.75) is 32.6 Å². The number of hydrogen-bond acceptors (Lipinski definition) is 5. The van der Waals surface area contributed by atoms with Gasteiger partial charge in [0.25, 0.3) is 0 Å². The Morgan fingerprint density at radius 2 is 1.84 bits per heavy atom. The SMILES string of the molecule is Cc1nsc(N2CCC(=Cc3ccc(N4CCCC4)cc3F)CC2)n1. The zero-order valence-electron chi connectivity index (χ0n) is 14.5. The Hall–Kier alpha value is -1.95. The summed E-state index contributed by atoms with van der Waals surface area (Å²) in [6.45, 7) is 5.85. The highest BCUT2D eigenvalue weighted by Crippen LogP contribution is 2.28. The summed E-state index contributed by atoms with van der Waals surface area (Å²) in [5.41, 5.74) is 3.03. The normalized spacial score (nSPS) is 18.1. The van der Waals surface area contributed by atoms with Crippen LogP contribution in [-0.2, 0) is 0 Å². The summed E-state index contributed by atoms with van der Waals surface area (Å²) in [6, 6.07) is 5.67. The molecule has 0 saturated carbocycles. The van der Waals surface area contributed by atoms with Crippen LogP contribution in [0.25, 0.3) is 6.08 Å². The molecule has 2 fully saturated rings. The van der Waals surface area contributed by atoms with Gasteiger partial charge in [-0.2, -0.15) is 4.37 Å². The molecule has 25 heavy (non-hydrogen) atoms. The first-order valence-electron chi connectivity index (χ1n) is 8.98. The third-order valence-corrected chi connectivity index (χ3v) is 5.88. The van der Waals surface area contributed by atoms with Crippen LogP contribution in [0, 0.1) is 12.7 Å². The summed E-state index contributed by atoms with van der Waals surface area (Å²) in [4.78, 5) is 8.99. The van der Waals surface area contributed by atoms with E-state index in [9.17, 15) is 4.39 Å². The standard InChI is InChI=1S/C19H23FN4S/c1-14-21-19(25-22-14)24-10-6-15(7-11-24)12-16-4-5-17(13-18(16)20)23-8-2-3-9-23/h4-5,12-13H,2-3,6-11H2,1H3. The maximum atomic E-state index is 14.5. The molecule has 0 radical (unpaired) electrons. The molecule has 132 valence electrons. The molecular weight excluding hydrogens is 335 g/mol. The molecule has 0 unspecified atom stereocenters. The molecule has 6 heteroatoms. The summed E-state index contributed by atoms with van der Waals surface area (Å²) in [5.74, 6) is 0.723. The number of aryl methyl sites for hydroxylation is 1. The fourth-order valence-electron chi connectivity index (χ4n) is 3.57. The first-order chi connectivity index (χ1) is 12.2. The number of rotatable bonds is 3. The number of benzene rings is 1. The Balaban J connectivity index is 1.43. The molecule has 1 aromatic carbocycles. The molecule has 0 amide bonds. The summed E-state index contributed by atoms with van der Waals surface area (Å²) >= 11 is 1.46. The second kappa shape index (κ2) is 7.12. The van der Waals surface area contributed by atoms with E-state index in [2.05, 4.69) is 25.2 Å². The molecule has 0 spiro atoms. The number of halogens is 1. The molecule has 1 aromatic heterocycles. The van der Waals surface area contributed by atoms with Gasteiger partial charge in [-0.3, -0.25) is 0 Å². The minimum atomic E-state index is -0.112. The van der Waals surface area contributed by atoms with Crippen molar-refractivity contribution >= 4 is 28.4 Å². The van der Waals surface area contributed by atoms with Crippen LogP contribution in [0.1, 0.15) is 37.1 Å². The molecule has 0 N–H and O–H groups in total. The van der Waals surface area contributed by atoms with E-state index in [4.69, 9.17) is 0 Å². The number of nitrogens with zero attached hydrogens (tertiary/aromatic N) is 4. The molecule has 4 rings (SSSR count). The second-order valence-electron chi connectivity index (χ2n) is 6.81.